The van der Waals surface area contributed by atoms with Gasteiger partial charge in [0.1, 0.15) is 0 Å². The fourth-order valence-corrected chi connectivity index (χ4v) is 2.79. The van der Waals surface area contributed by atoms with Crippen LogP contribution in [0.2, 0.25) is 0 Å². The number of nitrogens with zero attached hydrogens (tertiary/aromatic N) is 2. The number of esters is 1. The van der Waals surface area contributed by atoms with E-state index in [9.17, 15) is 13.2 Å². The van der Waals surface area contributed by atoms with Crippen molar-refractivity contribution in [2.45, 2.75) is 26.4 Å². The van der Waals surface area contributed by atoms with Gasteiger partial charge in [-0.2, -0.15) is 0 Å². The van der Waals surface area contributed by atoms with Gasteiger partial charge in [-0.1, -0.05) is 0 Å². The van der Waals surface area contributed by atoms with E-state index < -0.39 is 10.0 Å². The summed E-state index contributed by atoms with van der Waals surface area (Å²) >= 11 is 0. The van der Waals surface area contributed by atoms with Crippen LogP contribution in [0.4, 0.5) is 0 Å². The van der Waals surface area contributed by atoms with Crippen LogP contribution < -0.4 is 0 Å². The van der Waals surface area contributed by atoms with Gasteiger partial charge in [0.05, 0.1) is 18.9 Å². The van der Waals surface area contributed by atoms with Gasteiger partial charge in [-0.25, -0.2) is 12.7 Å². The Kier molecular flexibility index (Phi) is 5.55. The number of sulfonamides is 1. The molecule has 0 aromatic carbocycles. The molecule has 7 heteroatoms. The maximum Gasteiger partial charge on any atom is 0.320 e. The lowest BCUT2D eigenvalue weighted by atomic mass is 10.4. The minimum absolute atomic E-state index is 0.114. The van der Waals surface area contributed by atoms with E-state index in [-0.39, 0.29) is 18.6 Å². The first-order valence-electron chi connectivity index (χ1n) is 6.16. The zero-order valence-electron chi connectivity index (χ0n) is 11.3. The third-order valence-electron chi connectivity index (χ3n) is 2.74. The van der Waals surface area contributed by atoms with Gasteiger partial charge in [0.2, 0.25) is 10.0 Å². The molecule has 1 rings (SSSR count). The second-order valence-electron chi connectivity index (χ2n) is 4.83. The van der Waals surface area contributed by atoms with Crippen LogP contribution in [0.1, 0.15) is 20.3 Å². The molecule has 0 spiro atoms. The smallest absolute Gasteiger partial charge is 0.320 e. The summed E-state index contributed by atoms with van der Waals surface area (Å²) in [6.45, 7) is 6.11. The topological polar surface area (TPSA) is 66.9 Å². The molecule has 0 aromatic rings. The van der Waals surface area contributed by atoms with Crippen molar-refractivity contribution in [1.29, 1.82) is 0 Å². The zero-order chi connectivity index (χ0) is 13.8. The molecule has 106 valence electrons. The summed E-state index contributed by atoms with van der Waals surface area (Å²) in [7, 11) is -3.13. The summed E-state index contributed by atoms with van der Waals surface area (Å²) in [6, 6.07) is 0. The molecule has 0 atom stereocenters. The first kappa shape index (κ1) is 15.4. The highest BCUT2D eigenvalue weighted by Gasteiger charge is 2.22. The normalized spacial score (nSPS) is 19.8. The molecule has 1 saturated heterocycles. The molecule has 1 aliphatic rings. The number of rotatable bonds is 4. The van der Waals surface area contributed by atoms with Gasteiger partial charge in [0.25, 0.3) is 0 Å². The van der Waals surface area contributed by atoms with Crippen molar-refractivity contribution < 1.29 is 17.9 Å². The minimum atomic E-state index is -3.13. The van der Waals surface area contributed by atoms with Gasteiger partial charge >= 0.3 is 5.97 Å². The summed E-state index contributed by atoms with van der Waals surface area (Å²) in [5, 5.41) is 0. The SMILES string of the molecule is CC(C)OC(=O)CN1CCCN(S(C)(=O)=O)CC1. The van der Waals surface area contributed by atoms with Gasteiger partial charge in [0.15, 0.2) is 0 Å². The van der Waals surface area contributed by atoms with Crippen molar-refractivity contribution in [3.05, 3.63) is 0 Å². The lowest BCUT2D eigenvalue weighted by molar-refractivity contribution is -0.148. The highest BCUT2D eigenvalue weighted by molar-refractivity contribution is 7.88. The molecule has 0 saturated carbocycles. The molecule has 0 amide bonds. The minimum Gasteiger partial charge on any atom is -0.462 e. The van der Waals surface area contributed by atoms with E-state index in [0.29, 0.717) is 19.6 Å². The van der Waals surface area contributed by atoms with Crippen molar-refractivity contribution in [1.82, 2.24) is 9.21 Å². The molecule has 6 nitrogen and oxygen atoms in total. The molecule has 0 N–H and O–H groups in total. The Labute approximate surface area is 109 Å². The van der Waals surface area contributed by atoms with Crippen molar-refractivity contribution in [2.75, 3.05) is 39.0 Å². The third-order valence-corrected chi connectivity index (χ3v) is 4.04. The molecular formula is C11H22N2O4S. The van der Waals surface area contributed by atoms with E-state index >= 15 is 0 Å². The Morgan fingerprint density at radius 1 is 1.22 bits per heavy atom. The van der Waals surface area contributed by atoms with Gasteiger partial charge in [0, 0.05) is 26.2 Å². The van der Waals surface area contributed by atoms with Gasteiger partial charge in [-0.05, 0) is 20.3 Å². The molecule has 0 aliphatic carbocycles. The van der Waals surface area contributed by atoms with E-state index in [1.54, 1.807) is 0 Å². The largest absolute Gasteiger partial charge is 0.462 e. The van der Waals surface area contributed by atoms with Crippen LogP contribution in [0, 0.1) is 0 Å². The average Bonchev–Trinajstić information content (AvgIpc) is 2.40. The molecule has 1 fully saturated rings. The Hall–Kier alpha value is -0.660. The van der Waals surface area contributed by atoms with E-state index in [4.69, 9.17) is 4.74 Å². The van der Waals surface area contributed by atoms with Crippen LogP contribution >= 0.6 is 0 Å². The van der Waals surface area contributed by atoms with E-state index in [2.05, 4.69) is 0 Å². The Bertz CT molecular complexity index is 381. The Morgan fingerprint density at radius 2 is 1.89 bits per heavy atom. The molecule has 0 aromatic heterocycles. The maximum atomic E-state index is 11.5. The van der Waals surface area contributed by atoms with Gasteiger partial charge < -0.3 is 4.74 Å². The van der Waals surface area contributed by atoms with Crippen LogP contribution in [0.3, 0.4) is 0 Å². The summed E-state index contributed by atoms with van der Waals surface area (Å²) < 4.78 is 29.4. The first-order valence-corrected chi connectivity index (χ1v) is 8.01. The van der Waals surface area contributed by atoms with Crippen molar-refractivity contribution in [2.24, 2.45) is 0 Å². The van der Waals surface area contributed by atoms with Crippen LogP contribution in [0.5, 0.6) is 0 Å². The summed E-state index contributed by atoms with van der Waals surface area (Å²) in [4.78, 5) is 13.5. The van der Waals surface area contributed by atoms with Crippen molar-refractivity contribution in [3.63, 3.8) is 0 Å². The summed E-state index contributed by atoms with van der Waals surface area (Å²) in [6.07, 6.45) is 1.84. The third kappa shape index (κ3) is 5.32. The highest BCUT2D eigenvalue weighted by Crippen LogP contribution is 2.07. The van der Waals surface area contributed by atoms with Gasteiger partial charge in [-0.15, -0.1) is 0 Å². The number of hydrogen-bond acceptors (Lipinski definition) is 5. The zero-order valence-corrected chi connectivity index (χ0v) is 12.1. The molecular weight excluding hydrogens is 256 g/mol. The van der Waals surface area contributed by atoms with E-state index in [1.165, 1.54) is 10.6 Å². The monoisotopic (exact) mass is 278 g/mol. The quantitative estimate of drug-likeness (QED) is 0.672. The standard InChI is InChI=1S/C11H22N2O4S/c1-10(2)17-11(14)9-12-5-4-6-13(8-7-12)18(3,15)16/h10H,4-9H2,1-3H3. The maximum absolute atomic E-state index is 11.5. The van der Waals surface area contributed by atoms with Crippen molar-refractivity contribution >= 4 is 16.0 Å². The Morgan fingerprint density at radius 3 is 2.44 bits per heavy atom. The fourth-order valence-electron chi connectivity index (χ4n) is 1.92. The van der Waals surface area contributed by atoms with Crippen molar-refractivity contribution in [3.8, 4) is 0 Å². The summed E-state index contributed by atoms with van der Waals surface area (Å²) in [5.41, 5.74) is 0. The molecule has 0 bridgehead atoms. The lowest BCUT2D eigenvalue weighted by Crippen LogP contribution is -2.37. The van der Waals surface area contributed by atoms with Crippen LogP contribution in [0.25, 0.3) is 0 Å². The molecule has 1 aliphatic heterocycles. The number of carbonyl (C=O) groups is 1. The van der Waals surface area contributed by atoms with Gasteiger partial charge in [-0.3, -0.25) is 9.69 Å². The molecule has 18 heavy (non-hydrogen) atoms. The number of carbonyl (C=O) groups excluding carboxylic acids is 1. The fraction of sp³-hybridized carbons (Fsp3) is 0.909. The number of hydrogen-bond donors (Lipinski definition) is 0. The van der Waals surface area contributed by atoms with Crippen LogP contribution in [0.15, 0.2) is 0 Å². The predicted molar refractivity (Wildman–Crippen MR) is 68.7 cm³/mol. The predicted octanol–water partition coefficient (Wildman–Crippen LogP) is -0.0947. The van der Waals surface area contributed by atoms with E-state index in [1.807, 2.05) is 18.7 Å². The van der Waals surface area contributed by atoms with Crippen LogP contribution in [-0.2, 0) is 19.6 Å². The molecule has 0 radical (unpaired) electrons. The second kappa shape index (κ2) is 6.49. The highest BCUT2D eigenvalue weighted by atomic mass is 32.2. The lowest BCUT2D eigenvalue weighted by Gasteiger charge is -2.20. The molecule has 0 unspecified atom stereocenters. The number of ether oxygens (including phenoxy) is 1. The summed E-state index contributed by atoms with van der Waals surface area (Å²) in [5.74, 6) is -0.252. The van der Waals surface area contributed by atoms with E-state index in [0.717, 1.165) is 13.0 Å². The second-order valence-corrected chi connectivity index (χ2v) is 6.81. The average molecular weight is 278 g/mol. The Balaban J connectivity index is 2.45. The van der Waals surface area contributed by atoms with Crippen LogP contribution in [-0.4, -0.2) is 68.7 Å². The molecule has 1 heterocycles. The first-order chi connectivity index (χ1) is 8.29.